The van der Waals surface area contributed by atoms with Gasteiger partial charge in [0.25, 0.3) is 0 Å². The maximum absolute atomic E-state index is 12.5. The highest BCUT2D eigenvalue weighted by molar-refractivity contribution is 5.88. The Morgan fingerprint density at radius 3 is 2.29 bits per heavy atom. The molecule has 0 N–H and O–H groups in total. The normalized spacial score (nSPS) is 24.4. The van der Waals surface area contributed by atoms with E-state index in [4.69, 9.17) is 9.47 Å². The van der Waals surface area contributed by atoms with Crippen LogP contribution in [0.4, 0.5) is 4.79 Å². The number of amides is 2. The fraction of sp³-hybridized carbons (Fsp3) is 0.867. The van der Waals surface area contributed by atoms with Crippen LogP contribution >= 0.6 is 0 Å². The van der Waals surface area contributed by atoms with Gasteiger partial charge in [-0.05, 0) is 33.6 Å². The van der Waals surface area contributed by atoms with E-state index in [1.807, 2.05) is 20.8 Å². The van der Waals surface area contributed by atoms with Gasteiger partial charge in [-0.1, -0.05) is 0 Å². The molecule has 0 saturated carbocycles. The number of likely N-dealkylation sites (N-methyl/N-ethyl adjacent to an activating group) is 1. The lowest BCUT2D eigenvalue weighted by molar-refractivity contribution is -0.165. The summed E-state index contributed by atoms with van der Waals surface area (Å²) in [4.78, 5) is 27.9. The first-order valence-corrected chi connectivity index (χ1v) is 7.45. The fourth-order valence-corrected chi connectivity index (χ4v) is 3.07. The standard InChI is InChI=1S/C15H26N2O4/c1-14(2,3)21-13(19)17-10-15(6-8-20-9-7-15)11(17)12(18)16(4)5/h11H,6-10H2,1-5H3. The fourth-order valence-electron chi connectivity index (χ4n) is 3.07. The number of likely N-dealkylation sites (tertiary alicyclic amines) is 1. The van der Waals surface area contributed by atoms with Gasteiger partial charge in [0.05, 0.1) is 0 Å². The second-order valence-corrected chi connectivity index (χ2v) is 7.22. The van der Waals surface area contributed by atoms with Crippen LogP contribution < -0.4 is 0 Å². The first-order valence-electron chi connectivity index (χ1n) is 7.45. The number of carbonyl (C=O) groups is 2. The van der Waals surface area contributed by atoms with Crippen molar-refractivity contribution in [1.29, 1.82) is 0 Å². The molecule has 0 aliphatic carbocycles. The molecule has 0 aromatic carbocycles. The summed E-state index contributed by atoms with van der Waals surface area (Å²) >= 11 is 0. The lowest BCUT2D eigenvalue weighted by Gasteiger charge is -2.57. The largest absolute Gasteiger partial charge is 0.444 e. The van der Waals surface area contributed by atoms with E-state index in [0.29, 0.717) is 19.8 Å². The van der Waals surface area contributed by atoms with Crippen molar-refractivity contribution >= 4 is 12.0 Å². The Bertz CT molecular complexity index is 422. The van der Waals surface area contributed by atoms with E-state index >= 15 is 0 Å². The molecule has 1 spiro atoms. The van der Waals surface area contributed by atoms with Crippen LogP contribution in [0.2, 0.25) is 0 Å². The molecule has 0 aromatic rings. The van der Waals surface area contributed by atoms with Gasteiger partial charge in [-0.3, -0.25) is 9.69 Å². The SMILES string of the molecule is CN(C)C(=O)C1N(C(=O)OC(C)(C)C)CC12CCOCC2. The molecule has 2 heterocycles. The average Bonchev–Trinajstić information content (AvgIpc) is 2.35. The highest BCUT2D eigenvalue weighted by atomic mass is 16.6. The van der Waals surface area contributed by atoms with Gasteiger partial charge in [-0.15, -0.1) is 0 Å². The van der Waals surface area contributed by atoms with Crippen LogP contribution in [0.3, 0.4) is 0 Å². The van der Waals surface area contributed by atoms with E-state index in [9.17, 15) is 9.59 Å². The summed E-state index contributed by atoms with van der Waals surface area (Å²) in [5.41, 5.74) is -0.697. The third-order valence-electron chi connectivity index (χ3n) is 4.17. The zero-order valence-corrected chi connectivity index (χ0v) is 13.6. The molecule has 2 fully saturated rings. The van der Waals surface area contributed by atoms with E-state index in [1.165, 1.54) is 0 Å². The number of nitrogens with zero attached hydrogens (tertiary/aromatic N) is 2. The number of hydrogen-bond donors (Lipinski definition) is 0. The van der Waals surface area contributed by atoms with Crippen molar-refractivity contribution in [3.8, 4) is 0 Å². The smallest absolute Gasteiger partial charge is 0.411 e. The van der Waals surface area contributed by atoms with E-state index in [2.05, 4.69) is 0 Å². The van der Waals surface area contributed by atoms with Gasteiger partial charge in [-0.25, -0.2) is 4.79 Å². The summed E-state index contributed by atoms with van der Waals surface area (Å²) in [7, 11) is 3.45. The van der Waals surface area contributed by atoms with Gasteiger partial charge in [-0.2, -0.15) is 0 Å². The van der Waals surface area contributed by atoms with Gasteiger partial charge >= 0.3 is 6.09 Å². The first-order chi connectivity index (χ1) is 9.66. The zero-order valence-electron chi connectivity index (χ0n) is 13.6. The Labute approximate surface area is 126 Å². The monoisotopic (exact) mass is 298 g/mol. The molecule has 2 saturated heterocycles. The van der Waals surface area contributed by atoms with Gasteiger partial charge in [0.2, 0.25) is 5.91 Å². The second kappa shape index (κ2) is 5.48. The number of rotatable bonds is 1. The summed E-state index contributed by atoms with van der Waals surface area (Å²) in [5.74, 6) is -0.0333. The van der Waals surface area contributed by atoms with E-state index in [0.717, 1.165) is 12.8 Å². The van der Waals surface area contributed by atoms with Crippen molar-refractivity contribution in [2.45, 2.75) is 45.3 Å². The van der Waals surface area contributed by atoms with Crippen LogP contribution in [-0.2, 0) is 14.3 Å². The predicted octanol–water partition coefficient (Wildman–Crippen LogP) is 1.49. The molecule has 2 amide bonds. The lowest BCUT2D eigenvalue weighted by Crippen LogP contribution is -2.72. The number of carbonyl (C=O) groups excluding carboxylic acids is 2. The third-order valence-corrected chi connectivity index (χ3v) is 4.17. The van der Waals surface area contributed by atoms with Gasteiger partial charge in [0.1, 0.15) is 11.6 Å². The highest BCUT2D eigenvalue weighted by Gasteiger charge is 2.59. The Balaban J connectivity index is 2.16. The second-order valence-electron chi connectivity index (χ2n) is 7.22. The molecular weight excluding hydrogens is 272 g/mol. The highest BCUT2D eigenvalue weighted by Crippen LogP contribution is 2.46. The van der Waals surface area contributed by atoms with Crippen molar-refractivity contribution in [1.82, 2.24) is 9.80 Å². The molecule has 6 nitrogen and oxygen atoms in total. The summed E-state index contributed by atoms with van der Waals surface area (Å²) in [6, 6.07) is -0.425. The van der Waals surface area contributed by atoms with E-state index in [-0.39, 0.29) is 11.3 Å². The van der Waals surface area contributed by atoms with E-state index < -0.39 is 17.7 Å². The van der Waals surface area contributed by atoms with Crippen LogP contribution in [0.5, 0.6) is 0 Å². The molecule has 0 radical (unpaired) electrons. The minimum Gasteiger partial charge on any atom is -0.444 e. The predicted molar refractivity (Wildman–Crippen MR) is 77.9 cm³/mol. The number of hydrogen-bond acceptors (Lipinski definition) is 4. The minimum atomic E-state index is -0.554. The molecule has 21 heavy (non-hydrogen) atoms. The summed E-state index contributed by atoms with van der Waals surface area (Å²) in [6.07, 6.45) is 1.23. The Morgan fingerprint density at radius 2 is 1.81 bits per heavy atom. The molecular formula is C15H26N2O4. The van der Waals surface area contributed by atoms with Crippen molar-refractivity contribution in [3.63, 3.8) is 0 Å². The van der Waals surface area contributed by atoms with Crippen molar-refractivity contribution in [2.75, 3.05) is 33.9 Å². The van der Waals surface area contributed by atoms with Crippen LogP contribution in [0.1, 0.15) is 33.6 Å². The summed E-state index contributed by atoms with van der Waals surface area (Å²) < 4.78 is 10.8. The summed E-state index contributed by atoms with van der Waals surface area (Å²) in [5, 5.41) is 0. The molecule has 1 unspecified atom stereocenters. The Kier molecular flexibility index (Phi) is 4.19. The quantitative estimate of drug-likeness (QED) is 0.736. The maximum Gasteiger partial charge on any atom is 0.411 e. The molecule has 2 aliphatic heterocycles. The molecule has 2 aliphatic rings. The molecule has 120 valence electrons. The maximum atomic E-state index is 12.5. The summed E-state index contributed by atoms with van der Waals surface area (Å²) in [6.45, 7) is 7.38. The van der Waals surface area contributed by atoms with Crippen molar-refractivity contribution in [2.24, 2.45) is 5.41 Å². The molecule has 0 aromatic heterocycles. The van der Waals surface area contributed by atoms with Crippen LogP contribution in [0, 0.1) is 5.41 Å². The van der Waals surface area contributed by atoms with Crippen LogP contribution in [0.15, 0.2) is 0 Å². The number of ether oxygens (including phenoxy) is 2. The van der Waals surface area contributed by atoms with Crippen molar-refractivity contribution < 1.29 is 19.1 Å². The Morgan fingerprint density at radius 1 is 1.24 bits per heavy atom. The topological polar surface area (TPSA) is 59.1 Å². The third kappa shape index (κ3) is 3.15. The van der Waals surface area contributed by atoms with E-state index in [1.54, 1.807) is 23.9 Å². The van der Waals surface area contributed by atoms with Crippen molar-refractivity contribution in [3.05, 3.63) is 0 Å². The molecule has 1 atom stereocenters. The molecule has 2 rings (SSSR count). The van der Waals surface area contributed by atoms with Crippen LogP contribution in [-0.4, -0.2) is 67.3 Å². The Hall–Kier alpha value is -1.30. The van der Waals surface area contributed by atoms with Gasteiger partial charge < -0.3 is 14.4 Å². The lowest BCUT2D eigenvalue weighted by atomic mass is 9.66. The van der Waals surface area contributed by atoms with Crippen LogP contribution in [0.25, 0.3) is 0 Å². The van der Waals surface area contributed by atoms with Gasteiger partial charge in [0, 0.05) is 39.3 Å². The molecule has 0 bridgehead atoms. The first kappa shape index (κ1) is 16.1. The minimum absolute atomic E-state index is 0.0333. The van der Waals surface area contributed by atoms with Gasteiger partial charge in [0.15, 0.2) is 0 Å². The molecule has 6 heteroatoms. The zero-order chi connectivity index (χ0) is 15.8. The average molecular weight is 298 g/mol.